The van der Waals surface area contributed by atoms with Gasteiger partial charge in [-0.1, -0.05) is 0 Å². The molecule has 2 fully saturated rings. The fourth-order valence-corrected chi connectivity index (χ4v) is 4.52. The fraction of sp³-hybridized carbons (Fsp3) is 0.923. The Morgan fingerprint density at radius 2 is 2.11 bits per heavy atom. The third kappa shape index (κ3) is 3.28. The molecule has 2 aliphatic heterocycles. The number of hydrogen-bond acceptors (Lipinski definition) is 4. The van der Waals surface area contributed by atoms with Gasteiger partial charge in [-0.3, -0.25) is 4.79 Å². The van der Waals surface area contributed by atoms with Crippen LogP contribution in [0.2, 0.25) is 0 Å². The minimum atomic E-state index is -3.01. The van der Waals surface area contributed by atoms with Crippen molar-refractivity contribution in [1.29, 1.82) is 0 Å². The minimum absolute atomic E-state index is 0.106. The van der Waals surface area contributed by atoms with Crippen LogP contribution in [0.4, 0.5) is 0 Å². The highest BCUT2D eigenvalue weighted by Gasteiger charge is 2.37. The molecule has 19 heavy (non-hydrogen) atoms. The Hall–Kier alpha value is -0.620. The SMILES string of the molecule is CC1C(C)S(=O)(=O)CCN1C(=O)CCC1CCNC1. The van der Waals surface area contributed by atoms with Gasteiger partial charge in [0.2, 0.25) is 5.91 Å². The molecule has 2 heterocycles. The van der Waals surface area contributed by atoms with E-state index < -0.39 is 15.1 Å². The van der Waals surface area contributed by atoms with Crippen LogP contribution in [0.25, 0.3) is 0 Å². The zero-order valence-corrected chi connectivity index (χ0v) is 12.6. The predicted octanol–water partition coefficient (Wildman–Crippen LogP) is 0.410. The maximum Gasteiger partial charge on any atom is 0.222 e. The summed E-state index contributed by atoms with van der Waals surface area (Å²) >= 11 is 0. The predicted molar refractivity (Wildman–Crippen MR) is 74.6 cm³/mol. The Labute approximate surface area is 115 Å². The van der Waals surface area contributed by atoms with Crippen LogP contribution >= 0.6 is 0 Å². The van der Waals surface area contributed by atoms with E-state index in [0.717, 1.165) is 25.9 Å². The first-order valence-electron chi connectivity index (χ1n) is 7.13. The van der Waals surface area contributed by atoms with Gasteiger partial charge in [0.05, 0.1) is 11.0 Å². The number of rotatable bonds is 3. The van der Waals surface area contributed by atoms with Crippen molar-refractivity contribution in [2.24, 2.45) is 5.92 Å². The zero-order chi connectivity index (χ0) is 14.0. The molecule has 5 nitrogen and oxygen atoms in total. The van der Waals surface area contributed by atoms with Gasteiger partial charge in [-0.2, -0.15) is 0 Å². The second-order valence-electron chi connectivity index (χ2n) is 5.80. The average Bonchev–Trinajstić information content (AvgIpc) is 2.86. The molecule has 0 aromatic rings. The quantitative estimate of drug-likeness (QED) is 0.817. The lowest BCUT2D eigenvalue weighted by Crippen LogP contribution is -2.54. The largest absolute Gasteiger partial charge is 0.338 e. The van der Waals surface area contributed by atoms with Gasteiger partial charge in [0, 0.05) is 19.0 Å². The molecule has 2 aliphatic rings. The number of nitrogens with one attached hydrogen (secondary N) is 1. The summed E-state index contributed by atoms with van der Waals surface area (Å²) in [5.74, 6) is 0.821. The summed E-state index contributed by atoms with van der Waals surface area (Å²) in [7, 11) is -3.01. The van der Waals surface area contributed by atoms with E-state index in [9.17, 15) is 13.2 Å². The summed E-state index contributed by atoms with van der Waals surface area (Å²) in [5, 5.41) is 2.85. The van der Waals surface area contributed by atoms with Crippen molar-refractivity contribution in [3.05, 3.63) is 0 Å². The van der Waals surface area contributed by atoms with E-state index in [4.69, 9.17) is 0 Å². The van der Waals surface area contributed by atoms with Gasteiger partial charge in [-0.25, -0.2) is 8.42 Å². The standard InChI is InChI=1S/C13H24N2O3S/c1-10-11(2)19(17,18)8-7-15(10)13(16)4-3-12-5-6-14-9-12/h10-12,14H,3-9H2,1-2H3. The van der Waals surface area contributed by atoms with Crippen LogP contribution in [0.3, 0.4) is 0 Å². The summed E-state index contributed by atoms with van der Waals surface area (Å²) in [5.41, 5.74) is 0. The van der Waals surface area contributed by atoms with Crippen molar-refractivity contribution >= 4 is 15.7 Å². The Balaban J connectivity index is 1.88. The first-order chi connectivity index (χ1) is 8.92. The summed E-state index contributed by atoms with van der Waals surface area (Å²) in [6.45, 7) is 5.97. The van der Waals surface area contributed by atoms with Gasteiger partial charge in [0.1, 0.15) is 0 Å². The minimum Gasteiger partial charge on any atom is -0.338 e. The second kappa shape index (κ2) is 5.79. The van der Waals surface area contributed by atoms with Crippen LogP contribution in [-0.2, 0) is 14.6 Å². The molecule has 1 amide bonds. The third-order valence-electron chi connectivity index (χ3n) is 4.60. The van der Waals surface area contributed by atoms with E-state index in [1.54, 1.807) is 11.8 Å². The summed E-state index contributed by atoms with van der Waals surface area (Å²) in [4.78, 5) is 14.0. The molecule has 0 spiro atoms. The molecule has 0 saturated carbocycles. The van der Waals surface area contributed by atoms with Gasteiger partial charge in [-0.05, 0) is 45.7 Å². The van der Waals surface area contributed by atoms with Crippen molar-refractivity contribution in [1.82, 2.24) is 10.2 Å². The molecule has 6 heteroatoms. The molecule has 110 valence electrons. The topological polar surface area (TPSA) is 66.5 Å². The van der Waals surface area contributed by atoms with E-state index in [-0.39, 0.29) is 17.7 Å². The maximum absolute atomic E-state index is 12.2. The van der Waals surface area contributed by atoms with Crippen LogP contribution in [-0.4, -0.2) is 55.9 Å². The highest BCUT2D eigenvalue weighted by Crippen LogP contribution is 2.22. The number of amides is 1. The number of hydrogen-bond donors (Lipinski definition) is 1. The molecule has 3 atom stereocenters. The molecular formula is C13H24N2O3S. The van der Waals surface area contributed by atoms with Crippen LogP contribution in [0.15, 0.2) is 0 Å². The molecule has 3 unspecified atom stereocenters. The monoisotopic (exact) mass is 288 g/mol. The zero-order valence-electron chi connectivity index (χ0n) is 11.8. The van der Waals surface area contributed by atoms with Crippen molar-refractivity contribution in [2.75, 3.05) is 25.4 Å². The molecular weight excluding hydrogens is 264 g/mol. The number of nitrogens with zero attached hydrogens (tertiary/aromatic N) is 1. The Morgan fingerprint density at radius 3 is 2.74 bits per heavy atom. The first-order valence-corrected chi connectivity index (χ1v) is 8.85. The summed E-state index contributed by atoms with van der Waals surface area (Å²) in [6.07, 6.45) is 2.60. The molecule has 0 radical (unpaired) electrons. The normalized spacial score (nSPS) is 34.4. The maximum atomic E-state index is 12.2. The summed E-state index contributed by atoms with van der Waals surface area (Å²) in [6, 6.07) is -0.201. The number of sulfone groups is 1. The molecule has 2 rings (SSSR count). The highest BCUT2D eigenvalue weighted by atomic mass is 32.2. The van der Waals surface area contributed by atoms with Crippen LogP contribution in [0.1, 0.15) is 33.1 Å². The van der Waals surface area contributed by atoms with Crippen LogP contribution < -0.4 is 5.32 Å². The van der Waals surface area contributed by atoms with E-state index in [1.165, 1.54) is 0 Å². The van der Waals surface area contributed by atoms with Gasteiger partial charge < -0.3 is 10.2 Å². The van der Waals surface area contributed by atoms with Gasteiger partial charge in [-0.15, -0.1) is 0 Å². The number of carbonyl (C=O) groups excluding carboxylic acids is 1. The van der Waals surface area contributed by atoms with Gasteiger partial charge in [0.15, 0.2) is 9.84 Å². The average molecular weight is 288 g/mol. The second-order valence-corrected chi connectivity index (χ2v) is 8.27. The van der Waals surface area contributed by atoms with Gasteiger partial charge in [0.25, 0.3) is 0 Å². The molecule has 0 aromatic carbocycles. The number of carbonyl (C=O) groups is 1. The van der Waals surface area contributed by atoms with Crippen molar-refractivity contribution in [3.63, 3.8) is 0 Å². The van der Waals surface area contributed by atoms with E-state index in [2.05, 4.69) is 5.32 Å². The van der Waals surface area contributed by atoms with Gasteiger partial charge >= 0.3 is 0 Å². The Kier molecular flexibility index (Phi) is 4.50. The Bertz CT molecular complexity index is 429. The lowest BCUT2D eigenvalue weighted by atomic mass is 10.0. The van der Waals surface area contributed by atoms with E-state index in [1.807, 2.05) is 6.92 Å². The van der Waals surface area contributed by atoms with Crippen molar-refractivity contribution in [2.45, 2.75) is 44.4 Å². The molecule has 0 aromatic heterocycles. The lowest BCUT2D eigenvalue weighted by molar-refractivity contribution is -0.133. The first kappa shape index (κ1) is 14.8. The molecule has 0 aliphatic carbocycles. The highest BCUT2D eigenvalue weighted by molar-refractivity contribution is 7.92. The van der Waals surface area contributed by atoms with E-state index in [0.29, 0.717) is 18.9 Å². The molecule has 2 saturated heterocycles. The summed E-state index contributed by atoms with van der Waals surface area (Å²) < 4.78 is 23.6. The van der Waals surface area contributed by atoms with Crippen LogP contribution in [0.5, 0.6) is 0 Å². The van der Waals surface area contributed by atoms with Crippen LogP contribution in [0, 0.1) is 5.92 Å². The third-order valence-corrected chi connectivity index (χ3v) is 6.88. The Morgan fingerprint density at radius 1 is 1.37 bits per heavy atom. The smallest absolute Gasteiger partial charge is 0.222 e. The molecule has 1 N–H and O–H groups in total. The fourth-order valence-electron chi connectivity index (χ4n) is 2.95. The van der Waals surface area contributed by atoms with Crippen molar-refractivity contribution < 1.29 is 13.2 Å². The molecule has 0 bridgehead atoms. The van der Waals surface area contributed by atoms with E-state index >= 15 is 0 Å². The van der Waals surface area contributed by atoms with Crippen molar-refractivity contribution in [3.8, 4) is 0 Å². The lowest BCUT2D eigenvalue weighted by Gasteiger charge is -2.37.